The van der Waals surface area contributed by atoms with E-state index in [1.807, 2.05) is 5.38 Å². The van der Waals surface area contributed by atoms with Crippen molar-refractivity contribution < 1.29 is 19.1 Å². The van der Waals surface area contributed by atoms with Crippen LogP contribution in [0.25, 0.3) is 0 Å². The Morgan fingerprint density at radius 1 is 1.61 bits per heavy atom. The van der Waals surface area contributed by atoms with Crippen molar-refractivity contribution in [1.29, 1.82) is 0 Å². The number of halogens is 1. The van der Waals surface area contributed by atoms with Gasteiger partial charge in [0.15, 0.2) is 0 Å². The fraction of sp³-hybridized carbons (Fsp3) is 0.545. The van der Waals surface area contributed by atoms with Crippen molar-refractivity contribution in [2.24, 2.45) is 0 Å². The van der Waals surface area contributed by atoms with Gasteiger partial charge in [-0.3, -0.25) is 4.79 Å². The minimum absolute atomic E-state index is 0.134. The molecule has 1 N–H and O–H groups in total. The lowest BCUT2D eigenvalue weighted by Gasteiger charge is -2.17. The summed E-state index contributed by atoms with van der Waals surface area (Å²) >= 11 is 1.46. The number of carboxylic acids is 1. The van der Waals surface area contributed by atoms with Crippen molar-refractivity contribution in [2.45, 2.75) is 24.9 Å². The van der Waals surface area contributed by atoms with Gasteiger partial charge in [0.2, 0.25) is 11.6 Å². The molecule has 1 amide bonds. The number of nitrogens with zero attached hydrogens (tertiary/aromatic N) is 2. The van der Waals surface area contributed by atoms with Crippen LogP contribution < -0.4 is 0 Å². The van der Waals surface area contributed by atoms with Gasteiger partial charge < -0.3 is 10.0 Å². The summed E-state index contributed by atoms with van der Waals surface area (Å²) in [6.45, 7) is -0.182. The SMILES string of the molecule is O=C(CCc1nccs1)N1CC[C@](F)(C(=O)O)C1. The molecule has 1 aromatic heterocycles. The predicted octanol–water partition coefficient (Wildman–Crippen LogP) is 1.10. The zero-order valence-corrected chi connectivity index (χ0v) is 10.5. The fourth-order valence-corrected chi connectivity index (χ4v) is 2.53. The minimum Gasteiger partial charge on any atom is -0.479 e. The lowest BCUT2D eigenvalue weighted by atomic mass is 10.1. The van der Waals surface area contributed by atoms with E-state index in [0.29, 0.717) is 6.42 Å². The first-order chi connectivity index (χ1) is 8.51. The highest BCUT2D eigenvalue weighted by atomic mass is 32.1. The van der Waals surface area contributed by atoms with E-state index in [1.165, 1.54) is 16.2 Å². The summed E-state index contributed by atoms with van der Waals surface area (Å²) in [5.74, 6) is -1.70. The van der Waals surface area contributed by atoms with Gasteiger partial charge in [0.1, 0.15) is 0 Å². The number of alkyl halides is 1. The molecule has 0 saturated carbocycles. The van der Waals surface area contributed by atoms with Crippen LogP contribution in [-0.2, 0) is 16.0 Å². The molecule has 2 rings (SSSR count). The van der Waals surface area contributed by atoms with E-state index in [0.717, 1.165) is 5.01 Å². The summed E-state index contributed by atoms with van der Waals surface area (Å²) in [6.07, 6.45) is 2.28. The number of hydrogen-bond donors (Lipinski definition) is 1. The second-order valence-electron chi connectivity index (χ2n) is 4.26. The third-order valence-corrected chi connectivity index (χ3v) is 3.83. The van der Waals surface area contributed by atoms with E-state index in [9.17, 15) is 14.0 Å². The van der Waals surface area contributed by atoms with Crippen molar-refractivity contribution >= 4 is 23.2 Å². The zero-order valence-electron chi connectivity index (χ0n) is 9.63. The van der Waals surface area contributed by atoms with Crippen LogP contribution in [0.4, 0.5) is 4.39 Å². The fourth-order valence-electron chi connectivity index (χ4n) is 1.91. The molecule has 1 atom stereocenters. The first-order valence-corrected chi connectivity index (χ1v) is 6.48. The lowest BCUT2D eigenvalue weighted by molar-refractivity contribution is -0.150. The van der Waals surface area contributed by atoms with Crippen LogP contribution in [-0.4, -0.2) is 45.6 Å². The third-order valence-electron chi connectivity index (χ3n) is 2.99. The number of rotatable bonds is 4. The topological polar surface area (TPSA) is 70.5 Å². The number of aryl methyl sites for hydroxylation is 1. The third kappa shape index (κ3) is 2.66. The monoisotopic (exact) mass is 272 g/mol. The van der Waals surface area contributed by atoms with Gasteiger partial charge in [-0.25, -0.2) is 14.2 Å². The maximum atomic E-state index is 13.8. The van der Waals surface area contributed by atoms with Crippen LogP contribution in [0.3, 0.4) is 0 Å². The molecule has 2 heterocycles. The molecule has 0 aliphatic carbocycles. The summed E-state index contributed by atoms with van der Waals surface area (Å²) in [5, 5.41) is 11.4. The molecule has 0 spiro atoms. The molecule has 0 unspecified atom stereocenters. The Morgan fingerprint density at radius 2 is 2.39 bits per heavy atom. The minimum atomic E-state index is -2.28. The molecule has 98 valence electrons. The van der Waals surface area contributed by atoms with Gasteiger partial charge in [0.05, 0.1) is 11.6 Å². The number of likely N-dealkylation sites (tertiary alicyclic amines) is 1. The van der Waals surface area contributed by atoms with Gasteiger partial charge in [0.25, 0.3) is 0 Å². The maximum Gasteiger partial charge on any atom is 0.343 e. The number of carbonyl (C=O) groups excluding carboxylic acids is 1. The van der Waals surface area contributed by atoms with Crippen molar-refractivity contribution in [1.82, 2.24) is 9.88 Å². The summed E-state index contributed by atoms with van der Waals surface area (Å²) in [6, 6.07) is 0. The molecular formula is C11H13FN2O3S. The Balaban J connectivity index is 1.86. The molecule has 1 fully saturated rings. The summed E-state index contributed by atoms with van der Waals surface area (Å²) in [7, 11) is 0. The van der Waals surface area contributed by atoms with Crippen LogP contribution in [0.1, 0.15) is 17.8 Å². The first kappa shape index (κ1) is 12.9. The molecule has 1 aliphatic rings. The van der Waals surface area contributed by atoms with Crippen LogP contribution in [0.5, 0.6) is 0 Å². The Bertz CT molecular complexity index is 451. The molecule has 18 heavy (non-hydrogen) atoms. The largest absolute Gasteiger partial charge is 0.479 e. The van der Waals surface area contributed by atoms with Crippen molar-refractivity contribution in [3.05, 3.63) is 16.6 Å². The van der Waals surface area contributed by atoms with Gasteiger partial charge >= 0.3 is 5.97 Å². The maximum absolute atomic E-state index is 13.8. The van der Waals surface area contributed by atoms with Gasteiger partial charge in [-0.05, 0) is 0 Å². The Morgan fingerprint density at radius 3 is 2.94 bits per heavy atom. The van der Waals surface area contributed by atoms with Crippen LogP contribution >= 0.6 is 11.3 Å². The van der Waals surface area contributed by atoms with Crippen molar-refractivity contribution in [3.8, 4) is 0 Å². The second kappa shape index (κ2) is 5.01. The highest BCUT2D eigenvalue weighted by Crippen LogP contribution is 2.26. The van der Waals surface area contributed by atoms with E-state index in [2.05, 4.69) is 4.98 Å². The molecule has 0 bridgehead atoms. The quantitative estimate of drug-likeness (QED) is 0.891. The van der Waals surface area contributed by atoms with E-state index in [4.69, 9.17) is 5.11 Å². The molecule has 7 heteroatoms. The average molecular weight is 272 g/mol. The van der Waals surface area contributed by atoms with Crippen molar-refractivity contribution in [3.63, 3.8) is 0 Å². The first-order valence-electron chi connectivity index (χ1n) is 5.60. The smallest absolute Gasteiger partial charge is 0.343 e. The van der Waals surface area contributed by atoms with Crippen LogP contribution in [0.15, 0.2) is 11.6 Å². The van der Waals surface area contributed by atoms with Gasteiger partial charge in [-0.1, -0.05) is 0 Å². The average Bonchev–Trinajstić information content (AvgIpc) is 2.95. The highest BCUT2D eigenvalue weighted by Gasteiger charge is 2.46. The summed E-state index contributed by atoms with van der Waals surface area (Å²) in [5.41, 5.74) is -2.28. The standard InChI is InChI=1S/C11H13FN2O3S/c12-11(10(16)17)3-5-14(7-11)9(15)2-1-8-13-4-6-18-8/h4,6H,1-3,5,7H2,(H,16,17)/t11-/m1/s1. The van der Waals surface area contributed by atoms with Crippen molar-refractivity contribution in [2.75, 3.05) is 13.1 Å². The predicted molar refractivity (Wildman–Crippen MR) is 63.1 cm³/mol. The zero-order chi connectivity index (χ0) is 13.2. The number of hydrogen-bond acceptors (Lipinski definition) is 4. The highest BCUT2D eigenvalue weighted by molar-refractivity contribution is 7.09. The number of aromatic nitrogens is 1. The molecular weight excluding hydrogens is 259 g/mol. The Hall–Kier alpha value is -1.50. The molecule has 1 saturated heterocycles. The number of carboxylic acid groups (broad SMARTS) is 1. The molecule has 1 aromatic rings. The molecule has 0 aromatic carbocycles. The molecule has 1 aliphatic heterocycles. The number of carbonyl (C=O) groups is 2. The summed E-state index contributed by atoms with van der Waals surface area (Å²) in [4.78, 5) is 27.8. The number of thiazole rings is 1. The molecule has 0 radical (unpaired) electrons. The van der Waals surface area contributed by atoms with Gasteiger partial charge in [-0.2, -0.15) is 0 Å². The number of aliphatic carboxylic acids is 1. The van der Waals surface area contributed by atoms with Gasteiger partial charge in [0, 0.05) is 37.4 Å². The Labute approximate surface area is 107 Å². The Kier molecular flexibility index (Phi) is 3.60. The van der Waals surface area contributed by atoms with E-state index in [1.54, 1.807) is 6.20 Å². The second-order valence-corrected chi connectivity index (χ2v) is 5.24. The van der Waals surface area contributed by atoms with Gasteiger partial charge in [-0.15, -0.1) is 11.3 Å². The van der Waals surface area contributed by atoms with Crippen LogP contribution in [0, 0.1) is 0 Å². The van der Waals surface area contributed by atoms with E-state index >= 15 is 0 Å². The normalized spacial score (nSPS) is 23.3. The van der Waals surface area contributed by atoms with Crippen LogP contribution in [0.2, 0.25) is 0 Å². The summed E-state index contributed by atoms with van der Waals surface area (Å²) < 4.78 is 13.8. The number of amides is 1. The van der Waals surface area contributed by atoms with E-state index < -0.39 is 11.6 Å². The lowest BCUT2D eigenvalue weighted by Crippen LogP contribution is -2.38. The molecule has 5 nitrogen and oxygen atoms in total. The van der Waals surface area contributed by atoms with E-state index in [-0.39, 0.29) is 31.8 Å².